The van der Waals surface area contributed by atoms with Crippen molar-refractivity contribution in [3.63, 3.8) is 0 Å². The number of benzene rings is 2. The monoisotopic (exact) mass is 371 g/mol. The van der Waals surface area contributed by atoms with Gasteiger partial charge in [-0.05, 0) is 35.9 Å². The summed E-state index contributed by atoms with van der Waals surface area (Å²) in [5, 5.41) is 6.74. The zero-order valence-electron chi connectivity index (χ0n) is 13.9. The Labute approximate surface area is 156 Å². The molecule has 0 unspecified atom stereocenters. The highest BCUT2D eigenvalue weighted by Crippen LogP contribution is 2.18. The number of halogens is 1. The molecule has 7 heteroatoms. The predicted octanol–water partition coefficient (Wildman–Crippen LogP) is 2.67. The Hall–Kier alpha value is -3.12. The third-order valence-corrected chi connectivity index (χ3v) is 3.59. The number of ether oxygens (including phenoxy) is 1. The molecule has 0 saturated carbocycles. The van der Waals surface area contributed by atoms with Gasteiger partial charge in [0.15, 0.2) is 0 Å². The molecule has 134 valence electrons. The number of nitrogens with one attached hydrogen (secondary N) is 2. The fraction of sp³-hybridized carbons (Fsp3) is 0.105. The average molecular weight is 372 g/mol. The molecule has 0 atom stereocenters. The van der Waals surface area contributed by atoms with Crippen LogP contribution in [0.25, 0.3) is 0 Å². The molecule has 0 heterocycles. The van der Waals surface area contributed by atoms with Crippen LogP contribution in [0.15, 0.2) is 66.3 Å². The van der Waals surface area contributed by atoms with E-state index in [2.05, 4.69) is 22.4 Å². The third-order valence-electron chi connectivity index (χ3n) is 3.23. The first-order chi connectivity index (χ1) is 12.6. The zero-order chi connectivity index (χ0) is 18.8. The molecule has 0 aromatic heterocycles. The number of hydrogen-bond acceptors (Lipinski definition) is 4. The van der Waals surface area contributed by atoms with Crippen LogP contribution in [0, 0.1) is 0 Å². The van der Waals surface area contributed by atoms with Crippen molar-refractivity contribution >= 4 is 29.6 Å². The van der Waals surface area contributed by atoms with E-state index in [0.29, 0.717) is 17.4 Å². The molecular formula is C19H18ClN3O3. The van der Waals surface area contributed by atoms with E-state index in [1.807, 2.05) is 24.3 Å². The summed E-state index contributed by atoms with van der Waals surface area (Å²) in [6.07, 6.45) is 2.90. The Morgan fingerprint density at radius 3 is 2.54 bits per heavy atom. The fourth-order valence-electron chi connectivity index (χ4n) is 1.89. The Balaban J connectivity index is 1.83. The lowest BCUT2D eigenvalue weighted by molar-refractivity contribution is -0.139. The molecule has 2 aromatic carbocycles. The van der Waals surface area contributed by atoms with Crippen molar-refractivity contribution in [2.24, 2.45) is 5.10 Å². The molecule has 0 fully saturated rings. The lowest BCUT2D eigenvalue weighted by atomic mass is 10.2. The SMILES string of the molecule is C=CCNC(=O)C(=O)N/N=C/c1ccc(OCc2ccccc2Cl)cc1. The van der Waals surface area contributed by atoms with Crippen LogP contribution in [-0.4, -0.2) is 24.6 Å². The summed E-state index contributed by atoms with van der Waals surface area (Å²) >= 11 is 6.08. The van der Waals surface area contributed by atoms with Gasteiger partial charge in [0.25, 0.3) is 0 Å². The van der Waals surface area contributed by atoms with Gasteiger partial charge in [0.1, 0.15) is 12.4 Å². The maximum atomic E-state index is 11.4. The molecule has 0 aliphatic carbocycles. The van der Waals surface area contributed by atoms with E-state index in [1.165, 1.54) is 12.3 Å². The van der Waals surface area contributed by atoms with Crippen molar-refractivity contribution in [1.82, 2.24) is 10.7 Å². The fourth-order valence-corrected chi connectivity index (χ4v) is 2.08. The smallest absolute Gasteiger partial charge is 0.329 e. The second kappa shape index (κ2) is 10.0. The molecule has 0 bridgehead atoms. The second-order valence-corrected chi connectivity index (χ2v) is 5.55. The Morgan fingerprint density at radius 1 is 1.12 bits per heavy atom. The van der Waals surface area contributed by atoms with E-state index in [1.54, 1.807) is 24.3 Å². The van der Waals surface area contributed by atoms with E-state index in [4.69, 9.17) is 16.3 Å². The summed E-state index contributed by atoms with van der Waals surface area (Å²) in [5.41, 5.74) is 3.78. The van der Waals surface area contributed by atoms with Gasteiger partial charge in [-0.15, -0.1) is 6.58 Å². The first-order valence-corrected chi connectivity index (χ1v) is 8.16. The molecule has 2 amide bonds. The third kappa shape index (κ3) is 6.07. The van der Waals surface area contributed by atoms with Gasteiger partial charge in [0, 0.05) is 17.1 Å². The van der Waals surface area contributed by atoms with E-state index >= 15 is 0 Å². The quantitative estimate of drug-likeness (QED) is 0.340. The molecule has 0 saturated heterocycles. The molecule has 2 rings (SSSR count). The molecule has 0 aliphatic heterocycles. The number of carbonyl (C=O) groups excluding carboxylic acids is 2. The number of hydrazone groups is 1. The maximum Gasteiger partial charge on any atom is 0.329 e. The van der Waals surface area contributed by atoms with Crippen molar-refractivity contribution in [3.8, 4) is 5.75 Å². The van der Waals surface area contributed by atoms with Crippen LogP contribution in [0.5, 0.6) is 5.75 Å². The van der Waals surface area contributed by atoms with Gasteiger partial charge in [-0.2, -0.15) is 5.10 Å². The van der Waals surface area contributed by atoms with Crippen LogP contribution < -0.4 is 15.5 Å². The normalized spacial score (nSPS) is 10.3. The number of rotatable bonds is 7. The van der Waals surface area contributed by atoms with Crippen LogP contribution in [0.1, 0.15) is 11.1 Å². The zero-order valence-corrected chi connectivity index (χ0v) is 14.7. The molecule has 0 aliphatic rings. The number of carbonyl (C=O) groups is 2. The van der Waals surface area contributed by atoms with E-state index in [0.717, 1.165) is 11.1 Å². The van der Waals surface area contributed by atoms with Crippen molar-refractivity contribution in [2.45, 2.75) is 6.61 Å². The highest BCUT2D eigenvalue weighted by atomic mass is 35.5. The number of hydrogen-bond donors (Lipinski definition) is 2. The summed E-state index contributed by atoms with van der Waals surface area (Å²) in [7, 11) is 0. The minimum absolute atomic E-state index is 0.214. The van der Waals surface area contributed by atoms with Gasteiger partial charge >= 0.3 is 11.8 Å². The second-order valence-electron chi connectivity index (χ2n) is 5.15. The van der Waals surface area contributed by atoms with E-state index in [-0.39, 0.29) is 6.54 Å². The van der Waals surface area contributed by atoms with E-state index < -0.39 is 11.8 Å². The van der Waals surface area contributed by atoms with Crippen molar-refractivity contribution in [1.29, 1.82) is 0 Å². The highest BCUT2D eigenvalue weighted by molar-refractivity contribution is 6.35. The lowest BCUT2D eigenvalue weighted by Crippen LogP contribution is -2.37. The Kier molecular flexibility index (Phi) is 7.39. The van der Waals surface area contributed by atoms with Gasteiger partial charge in [-0.25, -0.2) is 5.43 Å². The van der Waals surface area contributed by atoms with Crippen LogP contribution in [-0.2, 0) is 16.2 Å². The van der Waals surface area contributed by atoms with Crippen LogP contribution in [0.2, 0.25) is 5.02 Å². The highest BCUT2D eigenvalue weighted by Gasteiger charge is 2.10. The van der Waals surface area contributed by atoms with Crippen LogP contribution in [0.3, 0.4) is 0 Å². The first kappa shape index (κ1) is 19.2. The molecule has 0 radical (unpaired) electrons. The lowest BCUT2D eigenvalue weighted by Gasteiger charge is -2.07. The van der Waals surface area contributed by atoms with Gasteiger partial charge in [0.2, 0.25) is 0 Å². The number of amides is 2. The maximum absolute atomic E-state index is 11.4. The predicted molar refractivity (Wildman–Crippen MR) is 101 cm³/mol. The van der Waals surface area contributed by atoms with Crippen LogP contribution >= 0.6 is 11.6 Å². The number of nitrogens with zero attached hydrogens (tertiary/aromatic N) is 1. The molecule has 2 aromatic rings. The summed E-state index contributed by atoms with van der Waals surface area (Å²) < 4.78 is 5.68. The van der Waals surface area contributed by atoms with E-state index in [9.17, 15) is 9.59 Å². The van der Waals surface area contributed by atoms with Gasteiger partial charge < -0.3 is 10.1 Å². The summed E-state index contributed by atoms with van der Waals surface area (Å²) in [6, 6.07) is 14.6. The summed E-state index contributed by atoms with van der Waals surface area (Å²) in [5.74, 6) is -0.942. The molecule has 0 spiro atoms. The standard InChI is InChI=1S/C19H18ClN3O3/c1-2-11-21-18(24)19(25)23-22-12-14-7-9-16(10-8-14)26-13-15-5-3-4-6-17(15)20/h2-10,12H,1,11,13H2,(H,21,24)(H,23,25)/b22-12+. The average Bonchev–Trinajstić information content (AvgIpc) is 2.66. The molecule has 6 nitrogen and oxygen atoms in total. The largest absolute Gasteiger partial charge is 0.489 e. The Bertz CT molecular complexity index is 804. The topological polar surface area (TPSA) is 79.8 Å². The van der Waals surface area contributed by atoms with Gasteiger partial charge in [0.05, 0.1) is 6.21 Å². The molecule has 26 heavy (non-hydrogen) atoms. The van der Waals surface area contributed by atoms with Gasteiger partial charge in [-0.3, -0.25) is 9.59 Å². The minimum atomic E-state index is -0.845. The van der Waals surface area contributed by atoms with Crippen molar-refractivity contribution in [2.75, 3.05) is 6.54 Å². The Morgan fingerprint density at radius 2 is 1.85 bits per heavy atom. The van der Waals surface area contributed by atoms with Crippen LogP contribution in [0.4, 0.5) is 0 Å². The summed E-state index contributed by atoms with van der Waals surface area (Å²) in [6.45, 7) is 4.02. The molecule has 2 N–H and O–H groups in total. The molecular weight excluding hydrogens is 354 g/mol. The first-order valence-electron chi connectivity index (χ1n) is 7.78. The summed E-state index contributed by atoms with van der Waals surface area (Å²) in [4.78, 5) is 22.8. The van der Waals surface area contributed by atoms with Crippen molar-refractivity contribution in [3.05, 3.63) is 77.3 Å². The van der Waals surface area contributed by atoms with Crippen molar-refractivity contribution < 1.29 is 14.3 Å². The minimum Gasteiger partial charge on any atom is -0.489 e. The van der Waals surface area contributed by atoms with Gasteiger partial charge in [-0.1, -0.05) is 35.9 Å².